The Kier molecular flexibility index (Phi) is 16.6. The molecule has 282 valence electrons. The minimum absolute atomic E-state index is 0.0110. The molecule has 10 heteroatoms. The van der Waals surface area contributed by atoms with Gasteiger partial charge >= 0.3 is 23.0 Å². The van der Waals surface area contributed by atoms with Gasteiger partial charge in [0, 0.05) is 19.6 Å². The lowest BCUT2D eigenvalue weighted by molar-refractivity contribution is -0.893. The number of benzene rings is 1. The van der Waals surface area contributed by atoms with Crippen molar-refractivity contribution >= 4 is 12.0 Å². The summed E-state index contributed by atoms with van der Waals surface area (Å²) in [6.07, 6.45) is 7.25. The molecule has 1 N–H and O–H groups in total. The van der Waals surface area contributed by atoms with Crippen LogP contribution in [-0.2, 0) is 29.2 Å². The van der Waals surface area contributed by atoms with Gasteiger partial charge in [-0.2, -0.15) is 0 Å². The number of rotatable bonds is 21. The molecule has 0 aliphatic rings. The largest absolute Gasteiger partial charge is 0.462 e. The number of aromatic nitrogens is 3. The number of carbonyl (C=O) groups is 1. The van der Waals surface area contributed by atoms with Gasteiger partial charge in [-0.15, -0.1) is 0 Å². The second-order valence-corrected chi connectivity index (χ2v) is 16.1. The average molecular weight is 700 g/mol. The molecule has 0 spiro atoms. The van der Waals surface area contributed by atoms with Crippen molar-refractivity contribution in [2.24, 2.45) is 23.2 Å². The Hall–Kier alpha value is -3.24. The molecule has 2 aromatic rings. The van der Waals surface area contributed by atoms with Crippen molar-refractivity contribution in [3.63, 3.8) is 0 Å². The average Bonchev–Trinajstić information content (AvgIpc) is 3.06. The van der Waals surface area contributed by atoms with Gasteiger partial charge in [-0.05, 0) is 67.4 Å². The summed E-state index contributed by atoms with van der Waals surface area (Å²) >= 11 is 0. The molecule has 1 heterocycles. The topological polar surface area (TPSA) is 113 Å². The predicted molar refractivity (Wildman–Crippen MR) is 203 cm³/mol. The van der Waals surface area contributed by atoms with E-state index in [9.17, 15) is 24.3 Å². The fourth-order valence-electron chi connectivity index (χ4n) is 6.51. The first-order chi connectivity index (χ1) is 23.4. The molecule has 1 aromatic heterocycles. The SMILES string of the molecule is CCCC[N+](C)(C)CC(O)COC(=O)C(C)(CC)CC(C)Cn1c(=O)n(CC(C)C)c(=O)n(CC(C)/C=C/c2cccc(C(C)CC)c2)c1=O. The second kappa shape index (κ2) is 19.4. The fraction of sp³-hybridized carbons (Fsp3) is 0.700. The molecule has 5 unspecified atom stereocenters. The number of quaternary nitrogens is 1. The van der Waals surface area contributed by atoms with E-state index in [0.717, 1.165) is 35.9 Å². The van der Waals surface area contributed by atoms with Crippen LogP contribution in [0.5, 0.6) is 0 Å². The lowest BCUT2D eigenvalue weighted by Crippen LogP contribution is -2.56. The number of allylic oxidation sites excluding steroid dienone is 1. The van der Waals surface area contributed by atoms with Gasteiger partial charge < -0.3 is 14.3 Å². The van der Waals surface area contributed by atoms with Gasteiger partial charge in [-0.25, -0.2) is 28.1 Å². The number of aliphatic hydroxyl groups is 1. The van der Waals surface area contributed by atoms with Crippen LogP contribution in [-0.4, -0.2) is 69.2 Å². The molecule has 10 nitrogen and oxygen atoms in total. The van der Waals surface area contributed by atoms with Crippen LogP contribution in [0.25, 0.3) is 6.08 Å². The van der Waals surface area contributed by atoms with Crippen molar-refractivity contribution < 1.29 is 19.1 Å². The van der Waals surface area contributed by atoms with Crippen LogP contribution in [0.2, 0.25) is 0 Å². The third-order valence-electron chi connectivity index (χ3n) is 9.91. The molecule has 5 atom stereocenters. The van der Waals surface area contributed by atoms with Gasteiger partial charge in [0.05, 0.1) is 26.1 Å². The summed E-state index contributed by atoms with van der Waals surface area (Å²) in [5.74, 6) is -0.367. The van der Waals surface area contributed by atoms with E-state index < -0.39 is 34.6 Å². The lowest BCUT2D eigenvalue weighted by Gasteiger charge is -2.33. The Bertz CT molecular complexity index is 1590. The Labute approximate surface area is 300 Å². The van der Waals surface area contributed by atoms with Crippen LogP contribution < -0.4 is 17.1 Å². The predicted octanol–water partition coefficient (Wildman–Crippen LogP) is 5.91. The molecule has 2 rings (SSSR count). The van der Waals surface area contributed by atoms with E-state index in [2.05, 4.69) is 47.0 Å². The summed E-state index contributed by atoms with van der Waals surface area (Å²) in [6.45, 7) is 19.6. The van der Waals surface area contributed by atoms with E-state index in [1.54, 1.807) is 0 Å². The number of nitrogens with zero attached hydrogens (tertiary/aromatic N) is 4. The smallest absolute Gasteiger partial charge is 0.336 e. The molecule has 0 saturated carbocycles. The van der Waals surface area contributed by atoms with Gasteiger partial charge in [-0.1, -0.05) is 98.2 Å². The third-order valence-corrected chi connectivity index (χ3v) is 9.91. The van der Waals surface area contributed by atoms with Crippen molar-refractivity contribution in [1.82, 2.24) is 13.7 Å². The van der Waals surface area contributed by atoms with Crippen molar-refractivity contribution in [1.29, 1.82) is 0 Å². The van der Waals surface area contributed by atoms with E-state index in [-0.39, 0.29) is 44.0 Å². The van der Waals surface area contributed by atoms with Crippen molar-refractivity contribution in [3.05, 3.63) is 72.9 Å². The van der Waals surface area contributed by atoms with Crippen LogP contribution in [0.1, 0.15) is 111 Å². The minimum Gasteiger partial charge on any atom is -0.462 e. The summed E-state index contributed by atoms with van der Waals surface area (Å²) < 4.78 is 9.78. The first kappa shape index (κ1) is 42.9. The number of hydrogen-bond acceptors (Lipinski definition) is 6. The van der Waals surface area contributed by atoms with Crippen molar-refractivity contribution in [2.75, 3.05) is 33.8 Å². The van der Waals surface area contributed by atoms with Gasteiger partial charge in [0.1, 0.15) is 19.3 Å². The van der Waals surface area contributed by atoms with E-state index >= 15 is 0 Å². The molecular weight excluding hydrogens is 632 g/mol. The summed E-state index contributed by atoms with van der Waals surface area (Å²) in [5, 5.41) is 10.6. The Morgan fingerprint density at radius 2 is 1.54 bits per heavy atom. The monoisotopic (exact) mass is 700 g/mol. The van der Waals surface area contributed by atoms with E-state index in [1.165, 1.54) is 14.7 Å². The molecule has 0 fully saturated rings. The van der Waals surface area contributed by atoms with Gasteiger partial charge in [-0.3, -0.25) is 4.79 Å². The summed E-state index contributed by atoms with van der Waals surface area (Å²) in [6, 6.07) is 8.37. The molecule has 0 aliphatic carbocycles. The Morgan fingerprint density at radius 3 is 2.10 bits per heavy atom. The Morgan fingerprint density at radius 1 is 0.940 bits per heavy atom. The summed E-state index contributed by atoms with van der Waals surface area (Å²) in [4.78, 5) is 54.4. The number of aliphatic hydroxyl groups excluding tert-OH is 1. The van der Waals surface area contributed by atoms with Crippen LogP contribution in [0.3, 0.4) is 0 Å². The maximum absolute atomic E-state index is 13.8. The zero-order valence-corrected chi connectivity index (χ0v) is 32.9. The number of esters is 1. The van der Waals surface area contributed by atoms with E-state index in [0.29, 0.717) is 29.8 Å². The lowest BCUT2D eigenvalue weighted by atomic mass is 9.79. The summed E-state index contributed by atoms with van der Waals surface area (Å²) in [7, 11) is 4.12. The first-order valence-electron chi connectivity index (χ1n) is 18.8. The van der Waals surface area contributed by atoms with Gasteiger partial charge in [0.2, 0.25) is 0 Å². The van der Waals surface area contributed by atoms with Crippen LogP contribution in [0, 0.1) is 23.2 Å². The van der Waals surface area contributed by atoms with Crippen LogP contribution in [0.15, 0.2) is 44.7 Å². The molecule has 0 radical (unpaired) electrons. The number of carbonyl (C=O) groups excluding carboxylic acids is 1. The quantitative estimate of drug-likeness (QED) is 0.128. The zero-order chi connectivity index (χ0) is 37.8. The van der Waals surface area contributed by atoms with Crippen molar-refractivity contribution in [2.45, 2.75) is 126 Å². The third kappa shape index (κ3) is 12.5. The number of unbranched alkanes of at least 4 members (excludes halogenated alkanes) is 1. The molecule has 0 amide bonds. The highest BCUT2D eigenvalue weighted by atomic mass is 16.5. The van der Waals surface area contributed by atoms with E-state index in [4.69, 9.17) is 4.74 Å². The first-order valence-corrected chi connectivity index (χ1v) is 18.8. The fourth-order valence-corrected chi connectivity index (χ4v) is 6.51. The maximum atomic E-state index is 13.8. The molecule has 0 aliphatic heterocycles. The standard InChI is InChI=1S/C40H67N4O6/c1-12-15-21-44(10,11)27-35(45)28-50-36(46)40(9,14-3)23-31(7)26-43-38(48)41(24-29(4)5)37(47)42(39(43)49)25-30(6)19-20-33-17-16-18-34(22-33)32(8)13-2/h16-20,22,29-32,35,45H,12-15,21,23-28H2,1-11H3/q+1/b20-19+. The zero-order valence-electron chi connectivity index (χ0n) is 32.9. The van der Waals surface area contributed by atoms with Gasteiger partial charge in [0.25, 0.3) is 0 Å². The molecule has 50 heavy (non-hydrogen) atoms. The number of likely N-dealkylation sites (N-methyl/N-ethyl adjacent to an activating group) is 1. The number of hydrogen-bond donors (Lipinski definition) is 1. The minimum atomic E-state index is -0.883. The highest BCUT2D eigenvalue weighted by Gasteiger charge is 2.36. The molecule has 1 aromatic carbocycles. The summed E-state index contributed by atoms with van der Waals surface area (Å²) in [5.41, 5.74) is -0.434. The molecule has 0 bridgehead atoms. The van der Waals surface area contributed by atoms with Crippen LogP contribution in [0.4, 0.5) is 0 Å². The highest BCUT2D eigenvalue weighted by Crippen LogP contribution is 2.32. The number of ether oxygens (including phenoxy) is 1. The maximum Gasteiger partial charge on any atom is 0.336 e. The van der Waals surface area contributed by atoms with Crippen LogP contribution >= 0.6 is 0 Å². The van der Waals surface area contributed by atoms with E-state index in [1.807, 2.05) is 65.8 Å². The highest BCUT2D eigenvalue weighted by molar-refractivity contribution is 5.76. The molecule has 0 saturated heterocycles. The second-order valence-electron chi connectivity index (χ2n) is 16.1. The van der Waals surface area contributed by atoms with Gasteiger partial charge in [0.15, 0.2) is 0 Å². The van der Waals surface area contributed by atoms with Crippen molar-refractivity contribution in [3.8, 4) is 0 Å². The Balaban J connectivity index is 2.29. The normalized spacial score (nSPS) is 15.9. The molecular formula is C40H67N4O6+.